The van der Waals surface area contributed by atoms with Crippen LogP contribution in [0.4, 0.5) is 0 Å². The maximum absolute atomic E-state index is 11.7. The summed E-state index contributed by atoms with van der Waals surface area (Å²) < 4.78 is 10.4. The number of nitrogens with zero attached hydrogens (tertiary/aromatic N) is 1. The molecule has 0 saturated carbocycles. The van der Waals surface area contributed by atoms with Crippen molar-refractivity contribution in [1.29, 1.82) is 0 Å². The molecule has 0 aromatic rings. The molecule has 0 saturated heterocycles. The first kappa shape index (κ1) is 17.1. The fraction of sp³-hybridized carbons (Fsp3) is 0.846. The Kier molecular flexibility index (Phi) is 7.09. The van der Waals surface area contributed by atoms with E-state index in [0.717, 1.165) is 6.54 Å². The highest BCUT2D eigenvalue weighted by Gasteiger charge is 2.22. The molecule has 1 atom stereocenters. The molecule has 106 valence electrons. The third kappa shape index (κ3) is 9.13. The second kappa shape index (κ2) is 7.48. The maximum Gasteiger partial charge on any atom is 0.313 e. The van der Waals surface area contributed by atoms with E-state index in [9.17, 15) is 9.59 Å². The minimum Gasteiger partial charge on any atom is -0.460 e. The Hall–Kier alpha value is -0.940. The van der Waals surface area contributed by atoms with Crippen LogP contribution in [-0.2, 0) is 19.1 Å². The Morgan fingerprint density at radius 3 is 2.22 bits per heavy atom. The van der Waals surface area contributed by atoms with Gasteiger partial charge in [-0.3, -0.25) is 9.59 Å². The van der Waals surface area contributed by atoms with Gasteiger partial charge in [0.15, 0.2) is 5.78 Å². The Labute approximate surface area is 109 Å². The van der Waals surface area contributed by atoms with Crippen LogP contribution in [-0.4, -0.2) is 55.6 Å². The fourth-order valence-corrected chi connectivity index (χ4v) is 1.17. The van der Waals surface area contributed by atoms with Gasteiger partial charge in [0, 0.05) is 6.54 Å². The molecule has 0 spiro atoms. The number of esters is 1. The lowest BCUT2D eigenvalue weighted by Crippen LogP contribution is -2.30. The molecule has 0 amide bonds. The van der Waals surface area contributed by atoms with Crippen molar-refractivity contribution >= 4 is 11.8 Å². The van der Waals surface area contributed by atoms with Gasteiger partial charge in [-0.15, -0.1) is 0 Å². The summed E-state index contributed by atoms with van der Waals surface area (Å²) in [6.07, 6.45) is -0.808. The molecule has 0 bridgehead atoms. The zero-order valence-corrected chi connectivity index (χ0v) is 12.3. The maximum atomic E-state index is 11.7. The molecule has 0 heterocycles. The van der Waals surface area contributed by atoms with Gasteiger partial charge in [0.05, 0.1) is 6.61 Å². The van der Waals surface area contributed by atoms with Gasteiger partial charge in [-0.05, 0) is 41.8 Å². The molecular weight excluding hydrogens is 234 g/mol. The number of ether oxygens (including phenoxy) is 2. The zero-order valence-electron chi connectivity index (χ0n) is 12.3. The van der Waals surface area contributed by atoms with Crippen molar-refractivity contribution < 1.29 is 19.1 Å². The zero-order chi connectivity index (χ0) is 14.3. The third-order valence-corrected chi connectivity index (χ3v) is 2.10. The predicted octanol–water partition coefficient (Wildman–Crippen LogP) is 1.25. The lowest BCUT2D eigenvalue weighted by Gasteiger charge is -2.20. The molecule has 0 radical (unpaired) electrons. The minimum atomic E-state index is -0.572. The summed E-state index contributed by atoms with van der Waals surface area (Å²) in [6, 6.07) is 0. The summed E-state index contributed by atoms with van der Waals surface area (Å²) >= 11 is 0. The highest BCUT2D eigenvalue weighted by atomic mass is 16.6. The molecule has 18 heavy (non-hydrogen) atoms. The number of carbonyl (C=O) groups excluding carboxylic acids is 2. The molecule has 0 unspecified atom stereocenters. The summed E-state index contributed by atoms with van der Waals surface area (Å²) in [6.45, 7) is 8.17. The molecule has 0 rings (SSSR count). The molecule has 0 N–H and O–H groups in total. The van der Waals surface area contributed by atoms with Crippen molar-refractivity contribution in [2.45, 2.75) is 45.8 Å². The number of rotatable bonds is 7. The molecule has 0 aliphatic rings. The van der Waals surface area contributed by atoms with Crippen molar-refractivity contribution in [3.05, 3.63) is 0 Å². The van der Waals surface area contributed by atoms with Gasteiger partial charge in [-0.1, -0.05) is 0 Å². The van der Waals surface area contributed by atoms with E-state index in [0.29, 0.717) is 6.61 Å². The van der Waals surface area contributed by atoms with Crippen molar-refractivity contribution in [2.24, 2.45) is 0 Å². The van der Waals surface area contributed by atoms with Crippen LogP contribution in [0.15, 0.2) is 0 Å². The van der Waals surface area contributed by atoms with Gasteiger partial charge < -0.3 is 14.4 Å². The van der Waals surface area contributed by atoms with Crippen molar-refractivity contribution in [2.75, 3.05) is 27.2 Å². The Balaban J connectivity index is 3.97. The molecule has 0 aliphatic heterocycles. The monoisotopic (exact) mass is 259 g/mol. The van der Waals surface area contributed by atoms with Crippen LogP contribution in [0.3, 0.4) is 0 Å². The Morgan fingerprint density at radius 1 is 1.22 bits per heavy atom. The van der Waals surface area contributed by atoms with Gasteiger partial charge >= 0.3 is 5.97 Å². The topological polar surface area (TPSA) is 55.8 Å². The van der Waals surface area contributed by atoms with E-state index in [2.05, 4.69) is 0 Å². The third-order valence-electron chi connectivity index (χ3n) is 2.10. The summed E-state index contributed by atoms with van der Waals surface area (Å²) in [4.78, 5) is 25.1. The molecular formula is C13H25NO4. The summed E-state index contributed by atoms with van der Waals surface area (Å²) in [5.74, 6) is -0.751. The quantitative estimate of drug-likeness (QED) is 0.509. The average molecular weight is 259 g/mol. The molecule has 0 fully saturated rings. The van der Waals surface area contributed by atoms with Crippen LogP contribution in [0, 0.1) is 0 Å². The van der Waals surface area contributed by atoms with Crippen molar-refractivity contribution in [3.8, 4) is 0 Å². The van der Waals surface area contributed by atoms with E-state index in [-0.39, 0.29) is 12.2 Å². The van der Waals surface area contributed by atoms with Crippen LogP contribution in [0.5, 0.6) is 0 Å². The standard InChI is InChI=1S/C13H25NO4/c1-10(17-8-7-14(5)6)11(15)9-12(16)18-13(2,3)4/h10H,7-9H2,1-6H3/t10-/m0/s1. The van der Waals surface area contributed by atoms with E-state index in [1.54, 1.807) is 27.7 Å². The van der Waals surface area contributed by atoms with Gasteiger partial charge in [0.2, 0.25) is 0 Å². The molecule has 5 nitrogen and oxygen atoms in total. The smallest absolute Gasteiger partial charge is 0.313 e. The first-order valence-corrected chi connectivity index (χ1v) is 6.12. The Morgan fingerprint density at radius 2 is 1.78 bits per heavy atom. The SMILES string of the molecule is C[C@H](OCCN(C)C)C(=O)CC(=O)OC(C)(C)C. The number of hydrogen-bond donors (Lipinski definition) is 0. The van der Waals surface area contributed by atoms with Crippen molar-refractivity contribution in [3.63, 3.8) is 0 Å². The number of ketones is 1. The fourth-order valence-electron chi connectivity index (χ4n) is 1.17. The van der Waals surface area contributed by atoms with E-state index in [4.69, 9.17) is 9.47 Å². The van der Waals surface area contributed by atoms with Crippen LogP contribution in [0.25, 0.3) is 0 Å². The van der Waals surface area contributed by atoms with Gasteiger partial charge in [0.25, 0.3) is 0 Å². The normalized spacial score (nSPS) is 13.5. The number of carbonyl (C=O) groups is 2. The van der Waals surface area contributed by atoms with Crippen molar-refractivity contribution in [1.82, 2.24) is 4.90 Å². The predicted molar refractivity (Wildman–Crippen MR) is 69.4 cm³/mol. The van der Waals surface area contributed by atoms with Crippen LogP contribution in [0.2, 0.25) is 0 Å². The van der Waals surface area contributed by atoms with E-state index < -0.39 is 17.7 Å². The second-order valence-electron chi connectivity index (χ2n) is 5.55. The van der Waals surface area contributed by atoms with E-state index in [1.807, 2.05) is 19.0 Å². The molecule has 5 heteroatoms. The van der Waals surface area contributed by atoms with E-state index in [1.165, 1.54) is 0 Å². The largest absolute Gasteiger partial charge is 0.460 e. The molecule has 0 aromatic heterocycles. The lowest BCUT2D eigenvalue weighted by atomic mass is 10.1. The van der Waals surface area contributed by atoms with Crippen LogP contribution >= 0.6 is 0 Å². The molecule has 0 aliphatic carbocycles. The summed E-state index contributed by atoms with van der Waals surface area (Å²) in [5.41, 5.74) is -0.563. The first-order valence-electron chi connectivity index (χ1n) is 6.12. The second-order valence-corrected chi connectivity index (χ2v) is 5.55. The summed E-state index contributed by atoms with van der Waals surface area (Å²) in [7, 11) is 3.85. The first-order chi connectivity index (χ1) is 8.11. The highest BCUT2D eigenvalue weighted by molar-refractivity contribution is 5.97. The van der Waals surface area contributed by atoms with Gasteiger partial charge in [-0.2, -0.15) is 0 Å². The highest BCUT2D eigenvalue weighted by Crippen LogP contribution is 2.09. The molecule has 0 aromatic carbocycles. The van der Waals surface area contributed by atoms with Gasteiger partial charge in [-0.25, -0.2) is 0 Å². The van der Waals surface area contributed by atoms with Crippen LogP contribution < -0.4 is 0 Å². The lowest BCUT2D eigenvalue weighted by molar-refractivity contribution is -0.157. The average Bonchev–Trinajstić information content (AvgIpc) is 2.13. The number of likely N-dealkylation sites (N-methyl/N-ethyl adjacent to an activating group) is 1. The van der Waals surface area contributed by atoms with E-state index >= 15 is 0 Å². The number of Topliss-reactive ketones (excluding diaryl/α,β-unsaturated/α-hetero) is 1. The minimum absolute atomic E-state index is 0.236. The number of hydrogen-bond acceptors (Lipinski definition) is 5. The van der Waals surface area contributed by atoms with Crippen LogP contribution in [0.1, 0.15) is 34.1 Å². The Bertz CT molecular complexity index is 281. The van der Waals surface area contributed by atoms with Gasteiger partial charge in [0.1, 0.15) is 18.1 Å². The summed E-state index contributed by atoms with van der Waals surface area (Å²) in [5, 5.41) is 0.